The molecule has 0 aromatic heterocycles. The zero-order valence-electron chi connectivity index (χ0n) is 12.0. The molecule has 1 heterocycles. The van der Waals surface area contributed by atoms with Gasteiger partial charge in [-0.2, -0.15) is 0 Å². The predicted octanol–water partition coefficient (Wildman–Crippen LogP) is 2.89. The van der Waals surface area contributed by atoms with Crippen LogP contribution in [-0.2, 0) is 0 Å². The van der Waals surface area contributed by atoms with Gasteiger partial charge in [-0.1, -0.05) is 20.3 Å². The number of piperidine rings is 1. The Balaban J connectivity index is 1.96. The van der Waals surface area contributed by atoms with Crippen molar-refractivity contribution in [2.24, 2.45) is 11.3 Å². The highest BCUT2D eigenvalue weighted by Gasteiger charge is 2.37. The molecule has 2 rings (SSSR count). The van der Waals surface area contributed by atoms with Gasteiger partial charge in [-0.25, -0.2) is 0 Å². The second kappa shape index (κ2) is 5.71. The van der Waals surface area contributed by atoms with Gasteiger partial charge in [0.25, 0.3) is 0 Å². The summed E-state index contributed by atoms with van der Waals surface area (Å²) in [6, 6.07) is 0.923. The first-order chi connectivity index (χ1) is 8.18. The van der Waals surface area contributed by atoms with E-state index in [1.54, 1.807) is 0 Å². The van der Waals surface area contributed by atoms with Gasteiger partial charge in [-0.15, -0.1) is 0 Å². The molecule has 1 N–H and O–H groups in total. The molecule has 0 radical (unpaired) electrons. The summed E-state index contributed by atoms with van der Waals surface area (Å²) in [5.74, 6) is 1.03. The Morgan fingerprint density at radius 2 is 2.00 bits per heavy atom. The minimum absolute atomic E-state index is 0.458. The zero-order chi connectivity index (χ0) is 12.3. The number of likely N-dealkylation sites (tertiary alicyclic amines) is 1. The minimum atomic E-state index is 0.458. The number of hydrogen-bond donors (Lipinski definition) is 1. The van der Waals surface area contributed by atoms with E-state index in [0.717, 1.165) is 18.5 Å². The number of rotatable bonds is 5. The molecule has 2 fully saturated rings. The van der Waals surface area contributed by atoms with Crippen molar-refractivity contribution in [2.75, 3.05) is 26.7 Å². The molecule has 2 heteroatoms. The maximum atomic E-state index is 3.38. The fraction of sp³-hybridized carbons (Fsp3) is 1.00. The van der Waals surface area contributed by atoms with Crippen molar-refractivity contribution < 1.29 is 0 Å². The van der Waals surface area contributed by atoms with Crippen molar-refractivity contribution in [1.82, 2.24) is 10.2 Å². The lowest BCUT2D eigenvalue weighted by atomic mass is 9.84. The van der Waals surface area contributed by atoms with Gasteiger partial charge >= 0.3 is 0 Å². The standard InChI is InChI=1S/C15H30N2/c1-4-15(2,11-16-3)12-17-10-6-8-13-7-5-9-14(13)17/h13-14,16H,4-12H2,1-3H3. The molecule has 2 aliphatic rings. The van der Waals surface area contributed by atoms with Crippen LogP contribution in [0.3, 0.4) is 0 Å². The molecule has 100 valence electrons. The monoisotopic (exact) mass is 238 g/mol. The third kappa shape index (κ3) is 3.03. The molecular formula is C15H30N2. The van der Waals surface area contributed by atoms with Crippen LogP contribution in [-0.4, -0.2) is 37.6 Å². The van der Waals surface area contributed by atoms with Crippen molar-refractivity contribution in [1.29, 1.82) is 0 Å². The molecule has 0 spiro atoms. The lowest BCUT2D eigenvalue weighted by Gasteiger charge is -2.43. The first kappa shape index (κ1) is 13.4. The van der Waals surface area contributed by atoms with E-state index >= 15 is 0 Å². The van der Waals surface area contributed by atoms with Crippen molar-refractivity contribution in [2.45, 2.75) is 58.4 Å². The Labute approximate surface area is 107 Å². The molecule has 0 amide bonds. The summed E-state index contributed by atoms with van der Waals surface area (Å²) in [7, 11) is 2.09. The Morgan fingerprint density at radius 1 is 1.24 bits per heavy atom. The Morgan fingerprint density at radius 3 is 2.71 bits per heavy atom. The van der Waals surface area contributed by atoms with E-state index in [0.29, 0.717) is 5.41 Å². The molecule has 17 heavy (non-hydrogen) atoms. The molecule has 1 aliphatic heterocycles. The predicted molar refractivity (Wildman–Crippen MR) is 74.3 cm³/mol. The second-order valence-corrected chi connectivity index (χ2v) is 6.57. The van der Waals surface area contributed by atoms with Crippen LogP contribution in [0, 0.1) is 11.3 Å². The Kier molecular flexibility index (Phi) is 4.48. The summed E-state index contributed by atoms with van der Waals surface area (Å²) in [6.45, 7) is 8.58. The molecule has 3 atom stereocenters. The van der Waals surface area contributed by atoms with Crippen molar-refractivity contribution in [3.05, 3.63) is 0 Å². The molecule has 1 saturated heterocycles. The summed E-state index contributed by atoms with van der Waals surface area (Å²) >= 11 is 0. The third-order valence-corrected chi connectivity index (χ3v) is 5.15. The van der Waals surface area contributed by atoms with Crippen LogP contribution in [0.15, 0.2) is 0 Å². The first-order valence-corrected chi connectivity index (χ1v) is 7.57. The van der Waals surface area contributed by atoms with Crippen molar-refractivity contribution in [3.63, 3.8) is 0 Å². The SMILES string of the molecule is CCC(C)(CNC)CN1CCCC2CCCC21. The van der Waals surface area contributed by atoms with E-state index in [2.05, 4.69) is 31.1 Å². The van der Waals surface area contributed by atoms with Crippen molar-refractivity contribution >= 4 is 0 Å². The van der Waals surface area contributed by atoms with Gasteiger partial charge in [0.1, 0.15) is 0 Å². The molecule has 1 aliphatic carbocycles. The Bertz CT molecular complexity index is 241. The lowest BCUT2D eigenvalue weighted by Crippen LogP contribution is -2.49. The summed E-state index contributed by atoms with van der Waals surface area (Å²) in [6.07, 6.45) is 8.64. The van der Waals surface area contributed by atoms with Crippen LogP contribution in [0.1, 0.15) is 52.4 Å². The molecule has 0 bridgehead atoms. The minimum Gasteiger partial charge on any atom is -0.319 e. The average molecular weight is 238 g/mol. The van der Waals surface area contributed by atoms with Gasteiger partial charge in [-0.05, 0) is 57.0 Å². The summed E-state index contributed by atoms with van der Waals surface area (Å²) in [5, 5.41) is 3.38. The van der Waals surface area contributed by atoms with Crippen LogP contribution in [0.4, 0.5) is 0 Å². The van der Waals surface area contributed by atoms with Crippen LogP contribution in [0.2, 0.25) is 0 Å². The van der Waals surface area contributed by atoms with E-state index in [4.69, 9.17) is 0 Å². The zero-order valence-corrected chi connectivity index (χ0v) is 12.0. The van der Waals surface area contributed by atoms with Gasteiger partial charge in [0, 0.05) is 19.1 Å². The van der Waals surface area contributed by atoms with Crippen LogP contribution >= 0.6 is 0 Å². The summed E-state index contributed by atoms with van der Waals surface area (Å²) in [4.78, 5) is 2.82. The van der Waals surface area contributed by atoms with Gasteiger partial charge in [0.2, 0.25) is 0 Å². The maximum absolute atomic E-state index is 3.38. The topological polar surface area (TPSA) is 15.3 Å². The molecule has 0 aromatic rings. The molecular weight excluding hydrogens is 208 g/mol. The lowest BCUT2D eigenvalue weighted by molar-refractivity contribution is 0.0637. The number of nitrogens with one attached hydrogen (secondary N) is 1. The van der Waals surface area contributed by atoms with E-state index < -0.39 is 0 Å². The highest BCUT2D eigenvalue weighted by Crippen LogP contribution is 2.38. The maximum Gasteiger partial charge on any atom is 0.0124 e. The van der Waals surface area contributed by atoms with Gasteiger partial charge in [-0.3, -0.25) is 4.90 Å². The third-order valence-electron chi connectivity index (χ3n) is 5.15. The molecule has 0 aromatic carbocycles. The Hall–Kier alpha value is -0.0800. The quantitative estimate of drug-likeness (QED) is 0.792. The highest BCUT2D eigenvalue weighted by molar-refractivity contribution is 4.92. The van der Waals surface area contributed by atoms with E-state index in [9.17, 15) is 0 Å². The highest BCUT2D eigenvalue weighted by atomic mass is 15.2. The van der Waals surface area contributed by atoms with Gasteiger partial charge in [0.15, 0.2) is 0 Å². The van der Waals surface area contributed by atoms with Crippen molar-refractivity contribution in [3.8, 4) is 0 Å². The number of nitrogens with zero attached hydrogens (tertiary/aromatic N) is 1. The first-order valence-electron chi connectivity index (χ1n) is 7.57. The average Bonchev–Trinajstić information content (AvgIpc) is 2.78. The molecule has 1 saturated carbocycles. The normalized spacial score (nSPS) is 33.4. The molecule has 3 unspecified atom stereocenters. The summed E-state index contributed by atoms with van der Waals surface area (Å²) in [5.41, 5.74) is 0.458. The number of fused-ring (bicyclic) bond motifs is 1. The van der Waals surface area contributed by atoms with Crippen LogP contribution in [0.25, 0.3) is 0 Å². The van der Waals surface area contributed by atoms with E-state index in [1.807, 2.05) is 0 Å². The van der Waals surface area contributed by atoms with Gasteiger partial charge < -0.3 is 5.32 Å². The van der Waals surface area contributed by atoms with Crippen LogP contribution in [0.5, 0.6) is 0 Å². The largest absolute Gasteiger partial charge is 0.319 e. The summed E-state index contributed by atoms with van der Waals surface area (Å²) < 4.78 is 0. The van der Waals surface area contributed by atoms with E-state index in [-0.39, 0.29) is 0 Å². The smallest absolute Gasteiger partial charge is 0.0124 e. The van der Waals surface area contributed by atoms with Gasteiger partial charge in [0.05, 0.1) is 0 Å². The van der Waals surface area contributed by atoms with E-state index in [1.165, 1.54) is 51.6 Å². The fourth-order valence-corrected chi connectivity index (χ4v) is 3.96. The second-order valence-electron chi connectivity index (χ2n) is 6.57. The fourth-order valence-electron chi connectivity index (χ4n) is 3.96. The molecule has 2 nitrogen and oxygen atoms in total. The number of hydrogen-bond acceptors (Lipinski definition) is 2. The van der Waals surface area contributed by atoms with Crippen LogP contribution < -0.4 is 5.32 Å².